The molecule has 1 heterocycles. The van der Waals surface area contributed by atoms with Gasteiger partial charge in [-0.25, -0.2) is 9.59 Å². The zero-order valence-corrected chi connectivity index (χ0v) is 15.9. The number of nitrogens with one attached hydrogen (secondary N) is 1. The Balaban J connectivity index is 2.10. The standard InChI is InChI=1S/C22H19NO6/c1-14(24)15-8-10-17(11-9-15)27-20(16-6-4-3-5-7-16)21-22(23-2)29-19(26)13-12-18(25)28-21/h3-13,22-23H,1-2H3/b13-12+,21-20+. The first-order valence-electron chi connectivity index (χ1n) is 8.84. The van der Waals surface area contributed by atoms with Crippen molar-refractivity contribution in [2.75, 3.05) is 7.05 Å². The molecule has 148 valence electrons. The molecule has 1 atom stereocenters. The lowest BCUT2D eigenvalue weighted by atomic mass is 10.1. The molecule has 1 aliphatic rings. The minimum Gasteiger partial charge on any atom is -0.453 e. The molecule has 0 bridgehead atoms. The summed E-state index contributed by atoms with van der Waals surface area (Å²) in [6.45, 7) is 1.47. The van der Waals surface area contributed by atoms with Crippen LogP contribution in [0.15, 0.2) is 72.5 Å². The van der Waals surface area contributed by atoms with Crippen LogP contribution in [0.1, 0.15) is 22.8 Å². The number of cyclic esters (lactones) is 2. The normalized spacial score (nSPS) is 19.3. The summed E-state index contributed by atoms with van der Waals surface area (Å²) in [5.41, 5.74) is 1.14. The fourth-order valence-corrected chi connectivity index (χ4v) is 2.61. The first-order chi connectivity index (χ1) is 14.0. The van der Waals surface area contributed by atoms with E-state index in [0.717, 1.165) is 12.2 Å². The van der Waals surface area contributed by atoms with Crippen molar-refractivity contribution in [2.24, 2.45) is 0 Å². The number of Topliss-reactive ketones (excluding diaryl/α,β-unsaturated/α-hetero) is 1. The summed E-state index contributed by atoms with van der Waals surface area (Å²) in [5, 5.41) is 2.80. The van der Waals surface area contributed by atoms with Crippen molar-refractivity contribution in [3.63, 3.8) is 0 Å². The minimum absolute atomic E-state index is 0.00274. The zero-order valence-electron chi connectivity index (χ0n) is 15.9. The molecule has 1 unspecified atom stereocenters. The van der Waals surface area contributed by atoms with Crippen LogP contribution >= 0.6 is 0 Å². The number of hydrogen-bond acceptors (Lipinski definition) is 7. The predicted octanol–water partition coefficient (Wildman–Crippen LogP) is 2.84. The SMILES string of the molecule is CNC1OC(=O)/C=C/C(=O)O/C1=C(/Oc1ccc(C(C)=O)cc1)c1ccccc1. The van der Waals surface area contributed by atoms with Gasteiger partial charge in [-0.3, -0.25) is 10.1 Å². The predicted molar refractivity (Wildman–Crippen MR) is 105 cm³/mol. The van der Waals surface area contributed by atoms with Crippen molar-refractivity contribution in [1.82, 2.24) is 5.32 Å². The molecule has 0 fully saturated rings. The van der Waals surface area contributed by atoms with Crippen LogP contribution in [0.2, 0.25) is 0 Å². The highest BCUT2D eigenvalue weighted by Gasteiger charge is 2.28. The number of carbonyl (C=O) groups excluding carboxylic acids is 3. The minimum atomic E-state index is -1.05. The first kappa shape index (κ1) is 20.0. The fourth-order valence-electron chi connectivity index (χ4n) is 2.61. The highest BCUT2D eigenvalue weighted by Crippen LogP contribution is 2.28. The summed E-state index contributed by atoms with van der Waals surface area (Å²) >= 11 is 0. The molecule has 7 heteroatoms. The van der Waals surface area contributed by atoms with E-state index in [2.05, 4.69) is 5.32 Å². The summed E-state index contributed by atoms with van der Waals surface area (Å²) in [6, 6.07) is 15.5. The van der Waals surface area contributed by atoms with Gasteiger partial charge in [0.05, 0.1) is 0 Å². The van der Waals surface area contributed by atoms with E-state index in [9.17, 15) is 14.4 Å². The Kier molecular flexibility index (Phi) is 6.21. The topological polar surface area (TPSA) is 90.9 Å². The fraction of sp³-hybridized carbons (Fsp3) is 0.136. The molecule has 1 aliphatic heterocycles. The number of rotatable bonds is 5. The van der Waals surface area contributed by atoms with Crippen molar-refractivity contribution in [1.29, 1.82) is 0 Å². The third kappa shape index (κ3) is 4.97. The summed E-state index contributed by atoms with van der Waals surface area (Å²) in [4.78, 5) is 35.4. The van der Waals surface area contributed by atoms with Gasteiger partial charge in [0.15, 0.2) is 11.5 Å². The van der Waals surface area contributed by atoms with Crippen LogP contribution in [0, 0.1) is 0 Å². The lowest BCUT2D eigenvalue weighted by Gasteiger charge is -2.23. The van der Waals surface area contributed by atoms with E-state index in [-0.39, 0.29) is 17.3 Å². The summed E-state index contributed by atoms with van der Waals surface area (Å²) < 4.78 is 16.7. The summed E-state index contributed by atoms with van der Waals surface area (Å²) in [7, 11) is 1.56. The van der Waals surface area contributed by atoms with E-state index < -0.39 is 18.2 Å². The Morgan fingerprint density at radius 2 is 1.59 bits per heavy atom. The highest BCUT2D eigenvalue weighted by molar-refractivity contribution is 5.94. The molecule has 0 radical (unpaired) electrons. The van der Waals surface area contributed by atoms with E-state index in [1.165, 1.54) is 6.92 Å². The van der Waals surface area contributed by atoms with E-state index in [0.29, 0.717) is 16.9 Å². The number of carbonyl (C=O) groups is 3. The number of likely N-dealkylation sites (N-methyl/N-ethyl adjacent to an activating group) is 1. The van der Waals surface area contributed by atoms with Gasteiger partial charge in [-0.1, -0.05) is 30.3 Å². The van der Waals surface area contributed by atoms with E-state index in [1.807, 2.05) is 6.07 Å². The number of benzene rings is 2. The van der Waals surface area contributed by atoms with Gasteiger partial charge >= 0.3 is 11.9 Å². The number of hydrogen-bond donors (Lipinski definition) is 1. The third-order valence-electron chi connectivity index (χ3n) is 4.04. The van der Waals surface area contributed by atoms with Gasteiger partial charge in [0.1, 0.15) is 5.75 Å². The van der Waals surface area contributed by atoms with Crippen LogP contribution in [-0.2, 0) is 19.1 Å². The second-order valence-corrected chi connectivity index (χ2v) is 6.10. The molecule has 3 rings (SSSR count). The smallest absolute Gasteiger partial charge is 0.336 e. The van der Waals surface area contributed by atoms with Crippen LogP contribution in [-0.4, -0.2) is 31.0 Å². The second-order valence-electron chi connectivity index (χ2n) is 6.10. The van der Waals surface area contributed by atoms with Crippen LogP contribution in [0.5, 0.6) is 5.75 Å². The van der Waals surface area contributed by atoms with Gasteiger partial charge in [0.2, 0.25) is 12.0 Å². The third-order valence-corrected chi connectivity index (χ3v) is 4.04. The molecule has 0 aliphatic carbocycles. The molecule has 2 aromatic carbocycles. The molecule has 0 saturated carbocycles. The van der Waals surface area contributed by atoms with Crippen LogP contribution < -0.4 is 10.1 Å². The van der Waals surface area contributed by atoms with Crippen molar-refractivity contribution in [3.8, 4) is 5.75 Å². The molecule has 0 spiro atoms. The molecule has 29 heavy (non-hydrogen) atoms. The number of esters is 2. The molecule has 7 nitrogen and oxygen atoms in total. The van der Waals surface area contributed by atoms with Gasteiger partial charge in [0.25, 0.3) is 0 Å². The largest absolute Gasteiger partial charge is 0.453 e. The molecule has 0 saturated heterocycles. The number of ketones is 1. The Morgan fingerprint density at radius 3 is 2.21 bits per heavy atom. The monoisotopic (exact) mass is 393 g/mol. The van der Waals surface area contributed by atoms with Crippen LogP contribution in [0.3, 0.4) is 0 Å². The molecule has 2 aromatic rings. The van der Waals surface area contributed by atoms with Crippen LogP contribution in [0.4, 0.5) is 0 Å². The van der Waals surface area contributed by atoms with Crippen molar-refractivity contribution >= 4 is 23.5 Å². The van der Waals surface area contributed by atoms with Gasteiger partial charge in [0, 0.05) is 23.3 Å². The number of ether oxygens (including phenoxy) is 3. The summed E-state index contributed by atoms with van der Waals surface area (Å²) in [6.07, 6.45) is 0.925. The van der Waals surface area contributed by atoms with Crippen molar-refractivity contribution in [3.05, 3.63) is 83.6 Å². The molecular weight excluding hydrogens is 374 g/mol. The average molecular weight is 393 g/mol. The van der Waals surface area contributed by atoms with Crippen molar-refractivity contribution in [2.45, 2.75) is 13.2 Å². The van der Waals surface area contributed by atoms with Gasteiger partial charge < -0.3 is 14.2 Å². The van der Waals surface area contributed by atoms with Gasteiger partial charge in [-0.2, -0.15) is 0 Å². The van der Waals surface area contributed by atoms with Gasteiger partial charge in [-0.15, -0.1) is 0 Å². The maximum absolute atomic E-state index is 12.1. The molecule has 1 N–H and O–H groups in total. The molecular formula is C22H19NO6. The Hall–Kier alpha value is -3.71. The molecule has 0 aromatic heterocycles. The summed E-state index contributed by atoms with van der Waals surface area (Å²) in [5.74, 6) is -0.899. The Morgan fingerprint density at radius 1 is 0.931 bits per heavy atom. The van der Waals surface area contributed by atoms with Crippen molar-refractivity contribution < 1.29 is 28.6 Å². The van der Waals surface area contributed by atoms with E-state index in [4.69, 9.17) is 14.2 Å². The zero-order chi connectivity index (χ0) is 20.8. The quantitative estimate of drug-likeness (QED) is 0.474. The maximum atomic E-state index is 12.1. The first-order valence-corrected chi connectivity index (χ1v) is 8.84. The average Bonchev–Trinajstić information content (AvgIpc) is 2.73. The maximum Gasteiger partial charge on any atom is 0.336 e. The lowest BCUT2D eigenvalue weighted by molar-refractivity contribution is -0.150. The van der Waals surface area contributed by atoms with Crippen LogP contribution in [0.25, 0.3) is 5.76 Å². The Bertz CT molecular complexity index is 976. The van der Waals surface area contributed by atoms with E-state index >= 15 is 0 Å². The van der Waals surface area contributed by atoms with Gasteiger partial charge in [-0.05, 0) is 38.2 Å². The second kappa shape index (κ2) is 8.99. The molecule has 0 amide bonds. The lowest BCUT2D eigenvalue weighted by Crippen LogP contribution is -2.36. The highest BCUT2D eigenvalue weighted by atomic mass is 16.6. The Labute approximate surface area is 167 Å². The van der Waals surface area contributed by atoms with E-state index in [1.54, 1.807) is 55.6 Å².